The maximum atomic E-state index is 13.4. The van der Waals surface area contributed by atoms with Crippen molar-refractivity contribution in [3.63, 3.8) is 0 Å². The van der Waals surface area contributed by atoms with Gasteiger partial charge in [0, 0.05) is 6.92 Å². The van der Waals surface area contributed by atoms with Gasteiger partial charge in [0.25, 0.3) is 0 Å². The Morgan fingerprint density at radius 3 is 1.92 bits per heavy atom. The monoisotopic (exact) mass is 391 g/mol. The van der Waals surface area contributed by atoms with Crippen LogP contribution in [0.25, 0.3) is 4.83 Å². The number of aryl methyl sites for hydroxylation is 1. The zero-order valence-electron chi connectivity index (χ0n) is 11.2. The molecule has 0 unspecified atom stereocenters. The highest BCUT2D eigenvalue weighted by Gasteiger charge is 2.84. The van der Waals surface area contributed by atoms with Crippen molar-refractivity contribution < 1.29 is 52.6 Å². The average molecular weight is 391 g/mol. The Labute approximate surface area is 128 Å². The number of halogens is 9. The molecule has 1 heterocycles. The minimum Gasteiger partial charge on any atom is -0.317 e. The van der Waals surface area contributed by atoms with Crippen molar-refractivity contribution in [3.05, 3.63) is 29.1 Å². The van der Waals surface area contributed by atoms with Gasteiger partial charge in [-0.25, -0.2) is 13.1 Å². The Hall–Kier alpha value is -1.80. The first-order chi connectivity index (χ1) is 10.5. The summed E-state index contributed by atoms with van der Waals surface area (Å²) in [5.74, 6) is -14.6. The van der Waals surface area contributed by atoms with E-state index >= 15 is 0 Å². The lowest BCUT2D eigenvalue weighted by Crippen LogP contribution is -2.63. The predicted molar refractivity (Wildman–Crippen MR) is 57.7 cm³/mol. The van der Waals surface area contributed by atoms with E-state index in [1.165, 1.54) is 0 Å². The third-order valence-corrected chi connectivity index (χ3v) is 3.85. The van der Waals surface area contributed by atoms with E-state index in [-0.39, 0.29) is 10.4 Å². The number of alkyl halides is 9. The molecule has 0 N–H and O–H groups in total. The highest BCUT2D eigenvalue weighted by Crippen LogP contribution is 2.55. The second-order valence-electron chi connectivity index (χ2n) is 4.28. The summed E-state index contributed by atoms with van der Waals surface area (Å²) in [7, 11) is -6.84. The number of aromatic nitrogens is 2. The second-order valence-corrected chi connectivity index (χ2v) is 5.91. The van der Waals surface area contributed by atoms with Crippen molar-refractivity contribution in [2.45, 2.75) is 30.2 Å². The van der Waals surface area contributed by atoms with E-state index in [2.05, 4.69) is 9.82 Å². The van der Waals surface area contributed by atoms with Gasteiger partial charge in [0.2, 0.25) is 10.0 Å². The molecule has 0 radical (unpaired) electrons. The molecule has 0 saturated heterocycles. The van der Waals surface area contributed by atoms with E-state index in [1.807, 2.05) is 0 Å². The molecule has 0 atom stereocenters. The molecule has 0 amide bonds. The topological polar surface area (TPSA) is 65.0 Å². The molecule has 0 aliphatic rings. The summed E-state index contributed by atoms with van der Waals surface area (Å²) in [5, 5.41) is -6.86. The zero-order chi connectivity index (χ0) is 19.2. The molecule has 1 rings (SSSR count). The number of nitrogens with zero attached hydrogens (tertiary/aromatic N) is 3. The van der Waals surface area contributed by atoms with Gasteiger partial charge >= 0.3 is 23.3 Å². The van der Waals surface area contributed by atoms with Crippen LogP contribution in [0.4, 0.5) is 39.5 Å². The second kappa shape index (κ2) is 5.63. The molecular formula is C9H6F9N3O2S. The average Bonchev–Trinajstić information content (AvgIpc) is 2.39. The molecule has 5 nitrogen and oxygen atoms in total. The van der Waals surface area contributed by atoms with Gasteiger partial charge in [-0.05, 0) is 0 Å². The van der Waals surface area contributed by atoms with Gasteiger partial charge in [0.05, 0.1) is 12.4 Å². The zero-order valence-corrected chi connectivity index (χ0v) is 12.0. The van der Waals surface area contributed by atoms with E-state index in [0.717, 1.165) is 19.3 Å². The maximum Gasteiger partial charge on any atom is 0.460 e. The van der Waals surface area contributed by atoms with Crippen LogP contribution in [0.1, 0.15) is 5.69 Å². The van der Waals surface area contributed by atoms with Gasteiger partial charge in [-0.1, -0.05) is 0 Å². The molecule has 0 aromatic carbocycles. The van der Waals surface area contributed by atoms with Crippen LogP contribution in [-0.4, -0.2) is 36.7 Å². The van der Waals surface area contributed by atoms with Crippen molar-refractivity contribution in [2.75, 3.05) is 0 Å². The van der Waals surface area contributed by atoms with Crippen molar-refractivity contribution in [2.24, 2.45) is 0 Å². The van der Waals surface area contributed by atoms with Gasteiger partial charge in [0.1, 0.15) is 0 Å². The van der Waals surface area contributed by atoms with Crippen LogP contribution >= 0.6 is 0 Å². The Bertz CT molecular complexity index is 717. The standard InChI is InChI=1S/C9H6F9N3O2S/c1-5-4-19-2-3-21(5)20-24(22,23)9(17,18)7(12,13)6(10,11)8(14,15)16/h2-4H,1H3. The first kappa shape index (κ1) is 20.2. The van der Waals surface area contributed by atoms with Crippen molar-refractivity contribution in [1.29, 1.82) is 0 Å². The summed E-state index contributed by atoms with van der Waals surface area (Å²) in [6, 6.07) is 0. The summed E-state index contributed by atoms with van der Waals surface area (Å²) < 4.78 is 137. The fraction of sp³-hybridized carbons (Fsp3) is 0.556. The summed E-state index contributed by atoms with van der Waals surface area (Å²) in [6.45, 7) is 1.02. The van der Waals surface area contributed by atoms with Crippen LogP contribution in [0.3, 0.4) is 0 Å². The third-order valence-electron chi connectivity index (χ3n) is 2.55. The fourth-order valence-corrected chi connectivity index (χ4v) is 2.18. The quantitative estimate of drug-likeness (QED) is 0.573. The van der Waals surface area contributed by atoms with Crippen LogP contribution in [0, 0.1) is 6.92 Å². The molecule has 0 aliphatic carbocycles. The summed E-state index contributed by atoms with van der Waals surface area (Å²) >= 11 is 0. The largest absolute Gasteiger partial charge is 0.460 e. The normalized spacial score (nSPS) is 14.6. The van der Waals surface area contributed by atoms with Gasteiger partial charge < -0.3 is 4.83 Å². The highest BCUT2D eigenvalue weighted by molar-refractivity contribution is 7.94. The Kier molecular flexibility index (Phi) is 4.75. The lowest BCUT2D eigenvalue weighted by atomic mass is 10.1. The predicted octanol–water partition coefficient (Wildman–Crippen LogP) is 2.57. The molecule has 1 aromatic rings. The summed E-state index contributed by atoms with van der Waals surface area (Å²) in [4.78, 5) is 5.52. The van der Waals surface area contributed by atoms with Crippen LogP contribution in [0.5, 0.6) is 0 Å². The molecule has 24 heavy (non-hydrogen) atoms. The number of sulfonamides is 1. The lowest BCUT2D eigenvalue weighted by Gasteiger charge is -2.35. The summed E-state index contributed by atoms with van der Waals surface area (Å²) in [5.41, 5.74) is -0.317. The molecule has 0 bridgehead atoms. The van der Waals surface area contributed by atoms with E-state index in [0.29, 0.717) is 6.20 Å². The molecule has 15 heteroatoms. The SMILES string of the molecule is Cc1cncc[n+]1[N-]S(=O)(=O)C(F)(F)C(F)(F)C(F)(F)C(F)(F)F. The molecule has 1 aromatic heterocycles. The maximum absolute atomic E-state index is 13.4. The minimum absolute atomic E-state index is 0.0397. The van der Waals surface area contributed by atoms with Crippen molar-refractivity contribution in [1.82, 2.24) is 4.98 Å². The van der Waals surface area contributed by atoms with Crippen LogP contribution < -0.4 is 4.68 Å². The third kappa shape index (κ3) is 2.95. The first-order valence-electron chi connectivity index (χ1n) is 5.49. The highest BCUT2D eigenvalue weighted by atomic mass is 32.2. The molecule has 0 saturated carbocycles. The Balaban J connectivity index is 3.38. The first-order valence-corrected chi connectivity index (χ1v) is 6.93. The molecule has 0 fully saturated rings. The van der Waals surface area contributed by atoms with Crippen molar-refractivity contribution >= 4 is 10.0 Å². The van der Waals surface area contributed by atoms with Crippen LogP contribution in [0.2, 0.25) is 0 Å². The van der Waals surface area contributed by atoms with Crippen molar-refractivity contribution in [3.8, 4) is 0 Å². The Morgan fingerprint density at radius 2 is 1.50 bits per heavy atom. The van der Waals surface area contributed by atoms with Gasteiger partial charge in [-0.15, -0.1) is 0 Å². The smallest absolute Gasteiger partial charge is 0.317 e. The van der Waals surface area contributed by atoms with E-state index in [1.54, 1.807) is 0 Å². The number of hydrogen-bond acceptors (Lipinski definition) is 3. The van der Waals surface area contributed by atoms with Gasteiger partial charge in [0.15, 0.2) is 11.9 Å². The molecular weight excluding hydrogens is 385 g/mol. The van der Waals surface area contributed by atoms with E-state index in [4.69, 9.17) is 0 Å². The number of hydrogen-bond donors (Lipinski definition) is 0. The van der Waals surface area contributed by atoms with E-state index < -0.39 is 33.3 Å². The van der Waals surface area contributed by atoms with Crippen LogP contribution in [0.15, 0.2) is 18.6 Å². The van der Waals surface area contributed by atoms with E-state index in [9.17, 15) is 47.9 Å². The molecule has 0 aliphatic heterocycles. The Morgan fingerprint density at radius 1 is 1.00 bits per heavy atom. The van der Waals surface area contributed by atoms with Crippen LogP contribution in [-0.2, 0) is 10.0 Å². The van der Waals surface area contributed by atoms with Gasteiger partial charge in [-0.3, -0.25) is 4.98 Å². The fourth-order valence-electron chi connectivity index (χ4n) is 1.21. The number of rotatable bonds is 5. The van der Waals surface area contributed by atoms with Gasteiger partial charge in [-0.2, -0.15) is 39.5 Å². The molecule has 138 valence electrons. The minimum atomic E-state index is -7.33. The molecule has 0 spiro atoms. The summed E-state index contributed by atoms with van der Waals surface area (Å²) in [6.07, 6.45) is -4.95. The lowest BCUT2D eigenvalue weighted by molar-refractivity contribution is -0.621.